The Hall–Kier alpha value is -0.720. The van der Waals surface area contributed by atoms with Crippen LogP contribution in [0.5, 0.6) is 0 Å². The van der Waals surface area contributed by atoms with Crippen molar-refractivity contribution in [2.45, 2.75) is 17.2 Å². The van der Waals surface area contributed by atoms with Crippen LogP contribution in [0.25, 0.3) is 0 Å². The first-order chi connectivity index (χ1) is 7.86. The van der Waals surface area contributed by atoms with Crippen molar-refractivity contribution in [3.63, 3.8) is 0 Å². The number of hydrogen-bond acceptors (Lipinski definition) is 6. The van der Waals surface area contributed by atoms with Gasteiger partial charge in [0.1, 0.15) is 5.51 Å². The van der Waals surface area contributed by atoms with Gasteiger partial charge in [-0.3, -0.25) is 4.79 Å². The van der Waals surface area contributed by atoms with Crippen LogP contribution in [0.3, 0.4) is 0 Å². The molecule has 0 fully saturated rings. The molecule has 0 aliphatic heterocycles. The van der Waals surface area contributed by atoms with Crippen LogP contribution in [0.2, 0.25) is 0 Å². The van der Waals surface area contributed by atoms with Crippen molar-refractivity contribution in [3.8, 4) is 0 Å². The zero-order chi connectivity index (χ0) is 11.2. The van der Waals surface area contributed by atoms with E-state index in [1.165, 1.54) is 22.7 Å². The van der Waals surface area contributed by atoms with E-state index in [0.717, 1.165) is 21.4 Å². The minimum Gasteiger partial charge on any atom is -0.293 e. The lowest BCUT2D eigenvalue weighted by molar-refractivity contribution is 0.0986. The fourth-order valence-corrected chi connectivity index (χ4v) is 3.37. The Labute approximate surface area is 106 Å². The smallest absolute Gasteiger partial charge is 0.174 e. The summed E-state index contributed by atoms with van der Waals surface area (Å²) in [5.41, 5.74) is 1.72. The second-order valence-electron chi connectivity index (χ2n) is 3.06. The van der Waals surface area contributed by atoms with Gasteiger partial charge in [0.05, 0.1) is 4.88 Å². The number of Topliss-reactive ketones (excluding diaryl/α,β-unsaturated/α-hetero) is 1. The van der Waals surface area contributed by atoms with Crippen LogP contribution in [0.15, 0.2) is 27.4 Å². The number of rotatable bonds is 6. The third kappa shape index (κ3) is 3.40. The number of carbonyl (C=O) groups is 1. The fourth-order valence-electron chi connectivity index (χ4n) is 1.18. The zero-order valence-electron chi connectivity index (χ0n) is 8.46. The highest BCUT2D eigenvalue weighted by Gasteiger charge is 2.06. The molecule has 0 unspecified atom stereocenters. The average Bonchev–Trinajstić information content (AvgIpc) is 2.96. The molecule has 0 aliphatic carbocycles. The molecule has 84 valence electrons. The van der Waals surface area contributed by atoms with Gasteiger partial charge in [0.15, 0.2) is 10.1 Å². The maximum Gasteiger partial charge on any atom is 0.174 e. The van der Waals surface area contributed by atoms with Crippen molar-refractivity contribution in [1.82, 2.24) is 10.2 Å². The summed E-state index contributed by atoms with van der Waals surface area (Å²) in [7, 11) is 0. The summed E-state index contributed by atoms with van der Waals surface area (Å²) in [5.74, 6) is 1.17. The molecule has 2 heterocycles. The van der Waals surface area contributed by atoms with Gasteiger partial charge in [0.2, 0.25) is 0 Å². The molecule has 2 aromatic rings. The molecule has 3 nitrogen and oxygen atoms in total. The monoisotopic (exact) mass is 270 g/mol. The van der Waals surface area contributed by atoms with Crippen LogP contribution < -0.4 is 0 Å². The summed E-state index contributed by atoms with van der Waals surface area (Å²) in [6, 6.07) is 3.79. The largest absolute Gasteiger partial charge is 0.293 e. The number of ketones is 1. The van der Waals surface area contributed by atoms with Crippen molar-refractivity contribution >= 4 is 40.2 Å². The van der Waals surface area contributed by atoms with Gasteiger partial charge in [-0.1, -0.05) is 29.2 Å². The van der Waals surface area contributed by atoms with Gasteiger partial charge in [-0.2, -0.15) is 0 Å². The van der Waals surface area contributed by atoms with E-state index in [1.54, 1.807) is 17.3 Å². The van der Waals surface area contributed by atoms with Gasteiger partial charge in [-0.15, -0.1) is 21.5 Å². The molecule has 0 aliphatic rings. The van der Waals surface area contributed by atoms with Gasteiger partial charge in [0.25, 0.3) is 0 Å². The topological polar surface area (TPSA) is 42.9 Å². The summed E-state index contributed by atoms with van der Waals surface area (Å²) in [4.78, 5) is 12.5. The molecule has 0 N–H and O–H groups in total. The molecular formula is C10H10N2OS3. The quantitative estimate of drug-likeness (QED) is 0.458. The molecule has 0 bridgehead atoms. The lowest BCUT2D eigenvalue weighted by Crippen LogP contribution is -1.96. The Morgan fingerprint density at radius 1 is 1.44 bits per heavy atom. The molecule has 0 saturated heterocycles. The van der Waals surface area contributed by atoms with Crippen LogP contribution in [-0.2, 0) is 0 Å². The second kappa shape index (κ2) is 6.12. The SMILES string of the molecule is O=C(CCCSc1nncs1)c1cccs1. The van der Waals surface area contributed by atoms with E-state index in [0.29, 0.717) is 6.42 Å². The summed E-state index contributed by atoms with van der Waals surface area (Å²) in [6.45, 7) is 0. The maximum absolute atomic E-state index is 11.6. The number of nitrogens with zero attached hydrogens (tertiary/aromatic N) is 2. The van der Waals surface area contributed by atoms with E-state index in [1.807, 2.05) is 17.5 Å². The van der Waals surface area contributed by atoms with E-state index < -0.39 is 0 Å². The van der Waals surface area contributed by atoms with Crippen LogP contribution in [0.4, 0.5) is 0 Å². The summed E-state index contributed by atoms with van der Waals surface area (Å²) in [6.07, 6.45) is 1.51. The standard InChI is InChI=1S/C10H10N2OS3/c13-8(9-4-2-5-14-9)3-1-6-15-10-12-11-7-16-10/h2,4-5,7H,1,3,6H2. The summed E-state index contributed by atoms with van der Waals surface area (Å²) >= 11 is 4.71. The van der Waals surface area contributed by atoms with Gasteiger partial charge in [-0.25, -0.2) is 0 Å². The Balaban J connectivity index is 1.67. The highest BCUT2D eigenvalue weighted by atomic mass is 32.2. The molecule has 16 heavy (non-hydrogen) atoms. The Morgan fingerprint density at radius 2 is 2.38 bits per heavy atom. The number of thiophene rings is 1. The van der Waals surface area contributed by atoms with Crippen molar-refractivity contribution in [2.24, 2.45) is 0 Å². The van der Waals surface area contributed by atoms with Crippen molar-refractivity contribution in [2.75, 3.05) is 5.75 Å². The van der Waals surface area contributed by atoms with E-state index in [9.17, 15) is 4.79 Å². The second-order valence-corrected chi connectivity index (χ2v) is 6.18. The highest BCUT2D eigenvalue weighted by molar-refractivity contribution is 8.00. The lowest BCUT2D eigenvalue weighted by Gasteiger charge is -1.97. The molecule has 0 saturated carbocycles. The Morgan fingerprint density at radius 3 is 3.06 bits per heavy atom. The lowest BCUT2D eigenvalue weighted by atomic mass is 10.2. The summed E-state index contributed by atoms with van der Waals surface area (Å²) in [5, 5.41) is 9.62. The average molecular weight is 270 g/mol. The van der Waals surface area contributed by atoms with Crippen molar-refractivity contribution in [3.05, 3.63) is 27.9 Å². The molecule has 0 atom stereocenters. The highest BCUT2D eigenvalue weighted by Crippen LogP contribution is 2.21. The first-order valence-corrected chi connectivity index (χ1v) is 7.56. The molecule has 0 radical (unpaired) electrons. The van der Waals surface area contributed by atoms with Crippen molar-refractivity contribution < 1.29 is 4.79 Å². The van der Waals surface area contributed by atoms with Crippen molar-refractivity contribution in [1.29, 1.82) is 0 Å². The predicted octanol–water partition coefficient (Wildman–Crippen LogP) is 3.35. The fraction of sp³-hybridized carbons (Fsp3) is 0.300. The molecule has 0 amide bonds. The number of carbonyl (C=O) groups excluding carboxylic acids is 1. The van der Waals surface area contributed by atoms with Gasteiger partial charge >= 0.3 is 0 Å². The van der Waals surface area contributed by atoms with Crippen LogP contribution in [-0.4, -0.2) is 21.7 Å². The van der Waals surface area contributed by atoms with Crippen LogP contribution in [0, 0.1) is 0 Å². The summed E-state index contributed by atoms with van der Waals surface area (Å²) < 4.78 is 0.976. The number of thioether (sulfide) groups is 1. The van der Waals surface area contributed by atoms with E-state index >= 15 is 0 Å². The first kappa shape index (κ1) is 11.8. The normalized spacial score (nSPS) is 10.5. The third-order valence-corrected chi connectivity index (χ3v) is 4.77. The Kier molecular flexibility index (Phi) is 4.50. The Bertz CT molecular complexity index is 425. The predicted molar refractivity (Wildman–Crippen MR) is 68.5 cm³/mol. The first-order valence-electron chi connectivity index (χ1n) is 4.82. The van der Waals surface area contributed by atoms with E-state index in [4.69, 9.17) is 0 Å². The molecule has 6 heteroatoms. The van der Waals surface area contributed by atoms with Gasteiger partial charge in [0, 0.05) is 12.2 Å². The third-order valence-electron chi connectivity index (χ3n) is 1.91. The zero-order valence-corrected chi connectivity index (χ0v) is 10.9. The van der Waals surface area contributed by atoms with Gasteiger partial charge in [-0.05, 0) is 17.9 Å². The number of hydrogen-bond donors (Lipinski definition) is 0. The van der Waals surface area contributed by atoms with Gasteiger partial charge < -0.3 is 0 Å². The minimum atomic E-state index is 0.243. The molecule has 2 aromatic heterocycles. The van der Waals surface area contributed by atoms with Crippen LogP contribution in [0.1, 0.15) is 22.5 Å². The number of aromatic nitrogens is 2. The van der Waals surface area contributed by atoms with E-state index in [2.05, 4.69) is 10.2 Å². The molecule has 0 spiro atoms. The van der Waals surface area contributed by atoms with Crippen LogP contribution >= 0.6 is 34.4 Å². The maximum atomic E-state index is 11.6. The molecule has 2 rings (SSSR count). The molecule has 0 aromatic carbocycles. The molecular weight excluding hydrogens is 260 g/mol. The van der Waals surface area contributed by atoms with E-state index in [-0.39, 0.29) is 5.78 Å². The minimum absolute atomic E-state index is 0.243.